The molecule has 2 atom stereocenters. The van der Waals surface area contributed by atoms with Crippen LogP contribution in [0.3, 0.4) is 0 Å². The van der Waals surface area contributed by atoms with Crippen molar-refractivity contribution in [2.24, 2.45) is 4.99 Å². The van der Waals surface area contributed by atoms with Gasteiger partial charge in [0, 0.05) is 25.0 Å². The topological polar surface area (TPSA) is 115 Å². The number of aliphatic imine (C=N–C) groups is 1. The van der Waals surface area contributed by atoms with E-state index in [0.717, 1.165) is 11.1 Å². The molecule has 40 heavy (non-hydrogen) atoms. The van der Waals surface area contributed by atoms with Crippen LogP contribution in [0.5, 0.6) is 5.75 Å². The third-order valence-corrected chi connectivity index (χ3v) is 6.46. The van der Waals surface area contributed by atoms with Crippen molar-refractivity contribution in [3.63, 3.8) is 0 Å². The molecule has 8 nitrogen and oxygen atoms in total. The van der Waals surface area contributed by atoms with Crippen LogP contribution in [0.2, 0.25) is 0 Å². The first-order valence-corrected chi connectivity index (χ1v) is 13.3. The summed E-state index contributed by atoms with van der Waals surface area (Å²) in [6.07, 6.45) is -0.692. The minimum Gasteiger partial charge on any atom is -0.494 e. The number of nitrogens with zero attached hydrogens (tertiary/aromatic N) is 1. The van der Waals surface area contributed by atoms with E-state index in [1.165, 1.54) is 0 Å². The second-order valence-electron chi connectivity index (χ2n) is 10.7. The molecule has 8 heteroatoms. The molecule has 0 aromatic heterocycles. The van der Waals surface area contributed by atoms with Crippen LogP contribution in [0.1, 0.15) is 57.3 Å². The standard InChI is InChI=1S/C32H35NO7/c1-31(2,3)40-27(35)18-19-32(30(36)37)28(24-12-10-23(11-13-24)22-8-5-4-6-9-22)39-29(33-32)25-14-16-26(17-15-25)38-21-7-20-34/h4-6,8-17,28,34H,7,18-21H2,1-3H3,(H,36,37)/t28-,32-/m1/s1. The Morgan fingerprint density at radius 1 is 0.925 bits per heavy atom. The summed E-state index contributed by atoms with van der Waals surface area (Å²) in [5.41, 5.74) is 0.803. The molecule has 0 spiro atoms. The van der Waals surface area contributed by atoms with E-state index < -0.39 is 29.2 Å². The molecule has 0 fully saturated rings. The van der Waals surface area contributed by atoms with Gasteiger partial charge in [0.15, 0.2) is 6.10 Å². The lowest BCUT2D eigenvalue weighted by Gasteiger charge is -2.28. The van der Waals surface area contributed by atoms with E-state index in [0.29, 0.717) is 29.9 Å². The number of carbonyl (C=O) groups excluding carboxylic acids is 1. The maximum absolute atomic E-state index is 12.9. The number of hydrogen-bond acceptors (Lipinski definition) is 7. The van der Waals surface area contributed by atoms with Gasteiger partial charge < -0.3 is 24.4 Å². The SMILES string of the molecule is CC(C)(C)OC(=O)CC[C@@]1(C(=O)O)N=C(c2ccc(OCCCO)cc2)O[C@@H]1c1ccc(-c2ccccc2)cc1. The summed E-state index contributed by atoms with van der Waals surface area (Å²) in [5, 5.41) is 19.5. The second-order valence-corrected chi connectivity index (χ2v) is 10.7. The van der Waals surface area contributed by atoms with Crippen molar-refractivity contribution in [2.75, 3.05) is 13.2 Å². The van der Waals surface area contributed by atoms with Gasteiger partial charge >= 0.3 is 11.9 Å². The molecule has 1 heterocycles. The van der Waals surface area contributed by atoms with E-state index in [1.807, 2.05) is 54.6 Å². The van der Waals surface area contributed by atoms with Crippen LogP contribution in [-0.2, 0) is 19.1 Å². The van der Waals surface area contributed by atoms with E-state index >= 15 is 0 Å². The van der Waals surface area contributed by atoms with Crippen molar-refractivity contribution in [3.8, 4) is 16.9 Å². The van der Waals surface area contributed by atoms with Crippen molar-refractivity contribution >= 4 is 17.8 Å². The fourth-order valence-electron chi connectivity index (χ4n) is 4.52. The van der Waals surface area contributed by atoms with E-state index in [9.17, 15) is 14.7 Å². The molecule has 0 radical (unpaired) electrons. The minimum absolute atomic E-state index is 0.0387. The Hall–Kier alpha value is -4.17. The molecule has 0 saturated heterocycles. The van der Waals surface area contributed by atoms with Crippen LogP contribution in [0.15, 0.2) is 83.9 Å². The molecule has 2 N–H and O–H groups in total. The van der Waals surface area contributed by atoms with E-state index in [-0.39, 0.29) is 25.3 Å². The summed E-state index contributed by atoms with van der Waals surface area (Å²) in [4.78, 5) is 30.1. The van der Waals surface area contributed by atoms with Crippen molar-refractivity contribution in [2.45, 2.75) is 57.3 Å². The first-order chi connectivity index (χ1) is 19.1. The van der Waals surface area contributed by atoms with Gasteiger partial charge in [-0.05, 0) is 68.1 Å². The first kappa shape index (κ1) is 28.8. The molecular weight excluding hydrogens is 510 g/mol. The number of hydrogen-bond donors (Lipinski definition) is 2. The number of rotatable bonds is 11. The zero-order valence-electron chi connectivity index (χ0n) is 23.0. The lowest BCUT2D eigenvalue weighted by atomic mass is 9.84. The molecule has 3 aromatic carbocycles. The number of aliphatic hydroxyl groups is 1. The third kappa shape index (κ3) is 6.87. The molecule has 0 aliphatic carbocycles. The predicted octanol–water partition coefficient (Wildman–Crippen LogP) is 5.58. The largest absolute Gasteiger partial charge is 0.494 e. The first-order valence-electron chi connectivity index (χ1n) is 13.3. The Bertz CT molecular complexity index is 1330. The van der Waals surface area contributed by atoms with Crippen molar-refractivity contribution in [1.82, 2.24) is 0 Å². The third-order valence-electron chi connectivity index (χ3n) is 6.46. The molecule has 1 aliphatic rings. The van der Waals surface area contributed by atoms with Gasteiger partial charge in [-0.25, -0.2) is 9.79 Å². The molecule has 210 valence electrons. The lowest BCUT2D eigenvalue weighted by Crippen LogP contribution is -2.41. The number of aliphatic carboxylic acids is 1. The highest BCUT2D eigenvalue weighted by Gasteiger charge is 2.53. The Labute approximate surface area is 234 Å². The fourth-order valence-corrected chi connectivity index (χ4v) is 4.52. The Kier molecular flexibility index (Phi) is 8.90. The average Bonchev–Trinajstić information content (AvgIpc) is 3.33. The smallest absolute Gasteiger partial charge is 0.336 e. The molecule has 1 aliphatic heterocycles. The maximum Gasteiger partial charge on any atom is 0.336 e. The van der Waals surface area contributed by atoms with Crippen LogP contribution in [0, 0.1) is 0 Å². The zero-order valence-corrected chi connectivity index (χ0v) is 23.0. The lowest BCUT2D eigenvalue weighted by molar-refractivity contribution is -0.156. The summed E-state index contributed by atoms with van der Waals surface area (Å²) in [6, 6.07) is 24.4. The van der Waals surface area contributed by atoms with E-state index in [4.69, 9.17) is 19.3 Å². The molecule has 0 bridgehead atoms. The second kappa shape index (κ2) is 12.3. The van der Waals surface area contributed by atoms with Crippen molar-refractivity contribution < 1.29 is 34.0 Å². The number of carboxylic acids is 1. The number of aliphatic hydroxyl groups excluding tert-OH is 1. The zero-order chi connectivity index (χ0) is 28.8. The summed E-state index contributed by atoms with van der Waals surface area (Å²) < 4.78 is 17.3. The highest BCUT2D eigenvalue weighted by atomic mass is 16.6. The molecule has 4 rings (SSSR count). The molecule has 0 saturated carbocycles. The summed E-state index contributed by atoms with van der Waals surface area (Å²) in [5.74, 6) is -0.907. The van der Waals surface area contributed by atoms with Crippen molar-refractivity contribution in [1.29, 1.82) is 0 Å². The number of esters is 1. The van der Waals surface area contributed by atoms with E-state index in [1.54, 1.807) is 45.0 Å². The van der Waals surface area contributed by atoms with Gasteiger partial charge in [-0.3, -0.25) is 4.79 Å². The Balaban J connectivity index is 1.66. The van der Waals surface area contributed by atoms with Crippen LogP contribution in [-0.4, -0.2) is 52.4 Å². The summed E-state index contributed by atoms with van der Waals surface area (Å²) in [6.45, 7) is 5.71. The van der Waals surface area contributed by atoms with Crippen LogP contribution in [0.25, 0.3) is 11.1 Å². The summed E-state index contributed by atoms with van der Waals surface area (Å²) >= 11 is 0. The van der Waals surface area contributed by atoms with Gasteiger partial charge in [0.25, 0.3) is 0 Å². The van der Waals surface area contributed by atoms with Crippen LogP contribution < -0.4 is 4.74 Å². The quantitative estimate of drug-likeness (QED) is 0.239. The van der Waals surface area contributed by atoms with Crippen LogP contribution >= 0.6 is 0 Å². The van der Waals surface area contributed by atoms with Gasteiger partial charge in [-0.15, -0.1) is 0 Å². The number of ether oxygens (including phenoxy) is 3. The Morgan fingerprint density at radius 3 is 2.15 bits per heavy atom. The molecular formula is C32H35NO7. The normalized spacial score (nSPS) is 18.5. The Morgan fingerprint density at radius 2 is 1.55 bits per heavy atom. The average molecular weight is 546 g/mol. The highest BCUT2D eigenvalue weighted by Crippen LogP contribution is 2.43. The van der Waals surface area contributed by atoms with Gasteiger partial charge in [0.2, 0.25) is 11.4 Å². The van der Waals surface area contributed by atoms with Gasteiger partial charge in [-0.2, -0.15) is 0 Å². The van der Waals surface area contributed by atoms with Gasteiger partial charge in [-0.1, -0.05) is 54.6 Å². The number of carbonyl (C=O) groups is 2. The molecule has 3 aromatic rings. The fraction of sp³-hybridized carbons (Fsp3) is 0.344. The van der Waals surface area contributed by atoms with Gasteiger partial charge in [0.05, 0.1) is 6.61 Å². The molecule has 0 unspecified atom stereocenters. The monoisotopic (exact) mass is 545 g/mol. The highest BCUT2D eigenvalue weighted by molar-refractivity contribution is 5.99. The van der Waals surface area contributed by atoms with Crippen molar-refractivity contribution in [3.05, 3.63) is 90.0 Å². The van der Waals surface area contributed by atoms with Crippen LogP contribution in [0.4, 0.5) is 0 Å². The number of benzene rings is 3. The molecule has 0 amide bonds. The van der Waals surface area contributed by atoms with Gasteiger partial charge in [0.1, 0.15) is 11.4 Å². The summed E-state index contributed by atoms with van der Waals surface area (Å²) in [7, 11) is 0. The minimum atomic E-state index is -1.74. The predicted molar refractivity (Wildman–Crippen MR) is 151 cm³/mol. The maximum atomic E-state index is 12.9. The number of carboxylic acid groups (broad SMARTS) is 1. The van der Waals surface area contributed by atoms with E-state index in [2.05, 4.69) is 4.99 Å².